The number of carboxylic acid groups (broad SMARTS) is 1. The van der Waals surface area contributed by atoms with Crippen LogP contribution in [0.25, 0.3) is 0 Å². The van der Waals surface area contributed by atoms with Crippen molar-refractivity contribution in [1.82, 2.24) is 9.55 Å². The minimum atomic E-state index is -2.52. The molecule has 1 aromatic carbocycles. The fraction of sp³-hybridized carbons (Fsp3) is 0.794. The Labute approximate surface area is 460 Å². The first kappa shape index (κ1) is 68.0. The Balaban J connectivity index is 2.26. The molecule has 0 aliphatic rings. The molecule has 0 saturated heterocycles. The highest BCUT2D eigenvalue weighted by Gasteiger charge is 2.51. The van der Waals surface area contributed by atoms with Crippen molar-refractivity contribution >= 4 is 35.3 Å². The Morgan fingerprint density at radius 1 is 0.613 bits per heavy atom. The lowest BCUT2D eigenvalue weighted by molar-refractivity contribution is -0.183. The first-order chi connectivity index (χ1) is 36.1. The Kier molecular flexibility index (Phi) is 38.1. The number of ether oxygens (including phenoxy) is 2. The fourth-order valence-electron chi connectivity index (χ4n) is 10.2. The van der Waals surface area contributed by atoms with Crippen molar-refractivity contribution in [1.29, 1.82) is 0 Å². The van der Waals surface area contributed by atoms with E-state index >= 15 is 0 Å². The molecular weight excluding hydrogens is 961 g/mol. The quantitative estimate of drug-likeness (QED) is 0.0426. The van der Waals surface area contributed by atoms with Gasteiger partial charge in [0.05, 0.1) is 12.3 Å². The van der Waals surface area contributed by atoms with Gasteiger partial charge in [0.25, 0.3) is 0 Å². The molecule has 12 heteroatoms. The second-order valence-corrected chi connectivity index (χ2v) is 23.4. The Morgan fingerprint density at radius 3 is 1.49 bits per heavy atom. The first-order valence-electron chi connectivity index (χ1n) is 30.4. The number of hydrogen-bond donors (Lipinski definition) is 3. The number of unbranched alkanes of at least 4 members (excludes halogenated alkanes) is 29. The first-order valence-corrected chi connectivity index (χ1v) is 31.3. The molecule has 0 fully saturated rings. The van der Waals surface area contributed by atoms with E-state index in [4.69, 9.17) is 19.6 Å². The molecule has 75 heavy (non-hydrogen) atoms. The zero-order valence-corrected chi connectivity index (χ0v) is 49.5. The Hall–Kier alpha value is -3.06. The Bertz CT molecular complexity index is 1830. The molecule has 0 bridgehead atoms. The van der Waals surface area contributed by atoms with Crippen LogP contribution < -0.4 is 0 Å². The van der Waals surface area contributed by atoms with Crippen LogP contribution in [0.2, 0.25) is 0 Å². The smallest absolute Gasteiger partial charge is 0.306 e. The molecule has 2 aromatic rings. The van der Waals surface area contributed by atoms with Gasteiger partial charge in [0.1, 0.15) is 23.7 Å². The third kappa shape index (κ3) is 30.0. The molecule has 2 rings (SSSR count). The van der Waals surface area contributed by atoms with Crippen LogP contribution in [0.5, 0.6) is 0 Å². The normalized spacial score (nSPS) is 13.3. The highest BCUT2D eigenvalue weighted by molar-refractivity contribution is 7.99. The van der Waals surface area contributed by atoms with Crippen LogP contribution in [0.3, 0.4) is 0 Å². The molecule has 1 aromatic heterocycles. The average molecular weight is 1070 g/mol. The number of aliphatic hydroxyl groups is 2. The molecule has 0 aliphatic carbocycles. The number of benzene rings is 1. The van der Waals surface area contributed by atoms with Crippen molar-refractivity contribution in [2.45, 2.75) is 326 Å². The second kappa shape index (κ2) is 42.0. The maximum absolute atomic E-state index is 14.6. The molecule has 0 radical (unpaired) electrons. The van der Waals surface area contributed by atoms with Gasteiger partial charge in [0, 0.05) is 30.6 Å². The lowest BCUT2D eigenvalue weighted by atomic mass is 9.81. The van der Waals surface area contributed by atoms with Crippen LogP contribution in [0.15, 0.2) is 28.1 Å². The minimum Gasteiger partial charge on any atom is -0.481 e. The van der Waals surface area contributed by atoms with Crippen molar-refractivity contribution in [2.75, 3.05) is 6.61 Å². The summed E-state index contributed by atoms with van der Waals surface area (Å²) >= 11 is 1.62. The number of imidazole rings is 1. The van der Waals surface area contributed by atoms with Crippen LogP contribution in [-0.2, 0) is 35.4 Å². The lowest BCUT2D eigenvalue weighted by Gasteiger charge is -2.35. The number of carbonyl (C=O) groups excluding carboxylic acids is 3. The molecule has 1 heterocycles. The van der Waals surface area contributed by atoms with Gasteiger partial charge in [-0.2, -0.15) is 0 Å². The van der Waals surface area contributed by atoms with Gasteiger partial charge in [-0.3, -0.25) is 23.7 Å². The van der Waals surface area contributed by atoms with E-state index in [0.29, 0.717) is 32.1 Å². The number of hydrogen-bond acceptors (Lipinski definition) is 10. The van der Waals surface area contributed by atoms with Crippen molar-refractivity contribution in [3.63, 3.8) is 0 Å². The number of aromatic nitrogens is 2. The van der Waals surface area contributed by atoms with Gasteiger partial charge in [0.15, 0.2) is 23.3 Å². The van der Waals surface area contributed by atoms with Crippen LogP contribution >= 0.6 is 11.8 Å². The number of Topliss-reactive ketones (excluding diaryl/α,β-unsaturated/α-hetero) is 2. The Morgan fingerprint density at radius 2 is 1.04 bits per heavy atom. The third-order valence-corrected chi connectivity index (χ3v) is 15.9. The van der Waals surface area contributed by atoms with Gasteiger partial charge in [-0.15, -0.1) is 0 Å². The monoisotopic (exact) mass is 1070 g/mol. The third-order valence-electron chi connectivity index (χ3n) is 14.8. The van der Waals surface area contributed by atoms with E-state index in [2.05, 4.69) is 59.7 Å². The number of carbonyl (C=O) groups is 4. The van der Waals surface area contributed by atoms with E-state index in [1.54, 1.807) is 11.8 Å². The van der Waals surface area contributed by atoms with Gasteiger partial charge < -0.3 is 24.8 Å². The van der Waals surface area contributed by atoms with Gasteiger partial charge in [0.2, 0.25) is 0 Å². The fourth-order valence-corrected chi connectivity index (χ4v) is 11.6. The summed E-state index contributed by atoms with van der Waals surface area (Å²) in [6, 6.07) is 6.43. The molecule has 0 aliphatic heterocycles. The summed E-state index contributed by atoms with van der Waals surface area (Å²) in [7, 11) is 0. The molecule has 430 valence electrons. The zero-order valence-electron chi connectivity index (χ0n) is 48.6. The van der Waals surface area contributed by atoms with Crippen LogP contribution in [-0.4, -0.2) is 72.8 Å². The largest absolute Gasteiger partial charge is 0.481 e. The maximum Gasteiger partial charge on any atom is 0.306 e. The van der Waals surface area contributed by atoms with Crippen LogP contribution in [0.4, 0.5) is 0 Å². The number of ketones is 2. The lowest BCUT2D eigenvalue weighted by Crippen LogP contribution is -2.58. The minimum absolute atomic E-state index is 0.00106. The number of nitrogens with zero attached hydrogens (tertiary/aromatic N) is 2. The van der Waals surface area contributed by atoms with E-state index in [9.17, 15) is 29.4 Å². The highest BCUT2D eigenvalue weighted by Crippen LogP contribution is 2.36. The summed E-state index contributed by atoms with van der Waals surface area (Å²) in [6.45, 7) is 14.7. The zero-order chi connectivity index (χ0) is 55.1. The van der Waals surface area contributed by atoms with E-state index < -0.39 is 41.3 Å². The molecule has 0 amide bonds. The number of aliphatic hydroxyl groups excluding tert-OH is 1. The number of rotatable bonds is 50. The molecule has 3 atom stereocenters. The number of aryl methyl sites for hydroxylation is 3. The van der Waals surface area contributed by atoms with E-state index in [1.807, 2.05) is 11.5 Å². The molecule has 3 N–H and O–H groups in total. The van der Waals surface area contributed by atoms with Crippen molar-refractivity contribution in [2.24, 2.45) is 0 Å². The summed E-state index contributed by atoms with van der Waals surface area (Å²) in [5.41, 5.74) is 0.734. The van der Waals surface area contributed by atoms with E-state index in [1.165, 1.54) is 109 Å². The summed E-state index contributed by atoms with van der Waals surface area (Å²) in [5, 5.41) is 34.2. The maximum atomic E-state index is 14.6. The highest BCUT2D eigenvalue weighted by atomic mass is 32.2. The number of aliphatic carboxylic acids is 1. The van der Waals surface area contributed by atoms with Gasteiger partial charge in [-0.1, -0.05) is 232 Å². The topological polar surface area (TPSA) is 165 Å². The second-order valence-electron chi connectivity index (χ2n) is 22.3. The molecule has 0 spiro atoms. The predicted octanol–water partition coefficient (Wildman–Crippen LogP) is 16.8. The predicted molar refractivity (Wildman–Crippen MR) is 308 cm³/mol. The average Bonchev–Trinajstić information content (AvgIpc) is 3.68. The molecule has 11 nitrogen and oxygen atoms in total. The molecular formula is C63H108N2O9S. The van der Waals surface area contributed by atoms with Crippen LogP contribution in [0.1, 0.15) is 294 Å². The van der Waals surface area contributed by atoms with Gasteiger partial charge in [-0.05, 0) is 75.6 Å². The van der Waals surface area contributed by atoms with Crippen molar-refractivity contribution < 1.29 is 44.0 Å². The number of esters is 1. The molecule has 3 unspecified atom stereocenters. The van der Waals surface area contributed by atoms with Crippen molar-refractivity contribution in [3.8, 4) is 0 Å². The van der Waals surface area contributed by atoms with Crippen LogP contribution in [0, 0.1) is 20.8 Å². The summed E-state index contributed by atoms with van der Waals surface area (Å²) in [5.74, 6) is -2.02. The van der Waals surface area contributed by atoms with Crippen molar-refractivity contribution in [3.05, 3.63) is 40.8 Å². The van der Waals surface area contributed by atoms with E-state index in [0.717, 1.165) is 96.8 Å². The number of carboxylic acids is 1. The van der Waals surface area contributed by atoms with Gasteiger partial charge in [-0.25, -0.2) is 4.98 Å². The standard InChI is InChI=1S/C63H108N2O9S/c1-8-10-12-14-16-18-20-22-24-26-28-32-36-40-55(66)60(71)63(72,44-45-73-49-65-53(7)64-59(50(3)4)62(65)75-54-47-51(5)46-52(6)48-54)61(74-58(70)43-39-35-31-30-34-38-42-57(68)69)56(67)41-37-33-29-27-25-23-21-19-17-15-13-11-9-2/h46-48,50,55,61,66,72H,8-45,49H2,1-7H3,(H,68,69). The SMILES string of the molecule is CCCCCCCCCCCCCCCC(=O)C(OC(=O)CCCCCCCCC(=O)O)C(O)(CCOCn1c(C)nc(C(C)C)c1Sc1cc(C)cc(C)c1)C(=O)C(O)CCCCCCCCCCCCCCC. The summed E-state index contributed by atoms with van der Waals surface area (Å²) in [4.78, 5) is 59.6. The summed E-state index contributed by atoms with van der Waals surface area (Å²) in [6.07, 6.45) is 30.7. The molecule has 0 saturated carbocycles. The summed E-state index contributed by atoms with van der Waals surface area (Å²) < 4.78 is 14.3. The van der Waals surface area contributed by atoms with Gasteiger partial charge >= 0.3 is 11.9 Å². The van der Waals surface area contributed by atoms with E-state index in [-0.39, 0.29) is 51.4 Å².